The molecule has 0 radical (unpaired) electrons. The van der Waals surface area contributed by atoms with Crippen LogP contribution in [-0.4, -0.2) is 28.4 Å². The number of carboxylic acid groups (broad SMARTS) is 1. The van der Waals surface area contributed by atoms with Crippen LogP contribution in [0.15, 0.2) is 42.5 Å². The monoisotopic (exact) mass is 367 g/mol. The fourth-order valence-corrected chi connectivity index (χ4v) is 4.31. The molecule has 0 spiro atoms. The van der Waals surface area contributed by atoms with Gasteiger partial charge in [-0.3, -0.25) is 4.79 Å². The van der Waals surface area contributed by atoms with Crippen molar-refractivity contribution in [3.8, 4) is 0 Å². The molecule has 2 aromatic carbocycles. The van der Waals surface area contributed by atoms with Gasteiger partial charge in [-0.15, -0.1) is 0 Å². The van der Waals surface area contributed by atoms with Gasteiger partial charge in [0.25, 0.3) is 0 Å². The highest BCUT2D eigenvalue weighted by molar-refractivity contribution is 5.88. The zero-order chi connectivity index (χ0) is 19.0. The number of carbonyl (C=O) groups excluding carboxylic acids is 1. The summed E-state index contributed by atoms with van der Waals surface area (Å²) in [5.41, 5.74) is 2.68. The Morgan fingerprint density at radius 3 is 2.59 bits per heavy atom. The van der Waals surface area contributed by atoms with Gasteiger partial charge in [0, 0.05) is 13.1 Å². The molecule has 0 bridgehead atoms. The van der Waals surface area contributed by atoms with Gasteiger partial charge in [0.1, 0.15) is 5.82 Å². The summed E-state index contributed by atoms with van der Waals surface area (Å²) in [7, 11) is 0. The van der Waals surface area contributed by atoms with Crippen LogP contribution in [0.3, 0.4) is 0 Å². The first kappa shape index (κ1) is 17.7. The lowest BCUT2D eigenvalue weighted by atomic mass is 9.64. The minimum absolute atomic E-state index is 0.115. The van der Waals surface area contributed by atoms with Gasteiger partial charge in [0.15, 0.2) is 0 Å². The molecule has 2 aliphatic rings. The number of carbonyl (C=O) groups is 2. The van der Waals surface area contributed by atoms with Crippen LogP contribution in [0.2, 0.25) is 0 Å². The Bertz CT molecular complexity index is 904. The first-order valence-corrected chi connectivity index (χ1v) is 9.36. The number of amides is 1. The van der Waals surface area contributed by atoms with Crippen molar-refractivity contribution in [1.82, 2.24) is 4.90 Å². The average molecular weight is 367 g/mol. The van der Waals surface area contributed by atoms with Crippen LogP contribution in [0, 0.1) is 11.2 Å². The predicted molar refractivity (Wildman–Crippen MR) is 98.9 cm³/mol. The van der Waals surface area contributed by atoms with E-state index in [1.165, 1.54) is 12.1 Å². The van der Waals surface area contributed by atoms with E-state index in [0.29, 0.717) is 19.5 Å². The Balaban J connectivity index is 1.55. The molecule has 2 aromatic rings. The van der Waals surface area contributed by atoms with E-state index in [4.69, 9.17) is 0 Å². The molecule has 0 atom stereocenters. The lowest BCUT2D eigenvalue weighted by Crippen LogP contribution is -2.50. The molecule has 1 fully saturated rings. The molecule has 27 heavy (non-hydrogen) atoms. The topological polar surface area (TPSA) is 57.6 Å². The number of carboxylic acids is 1. The largest absolute Gasteiger partial charge is 0.478 e. The highest BCUT2D eigenvalue weighted by atomic mass is 19.1. The van der Waals surface area contributed by atoms with Crippen LogP contribution in [-0.2, 0) is 24.2 Å². The number of halogens is 1. The van der Waals surface area contributed by atoms with Crippen molar-refractivity contribution in [2.75, 3.05) is 6.54 Å². The summed E-state index contributed by atoms with van der Waals surface area (Å²) < 4.78 is 13.5. The Morgan fingerprint density at radius 1 is 1.11 bits per heavy atom. The van der Waals surface area contributed by atoms with E-state index in [0.717, 1.165) is 42.4 Å². The molecule has 1 heterocycles. The van der Waals surface area contributed by atoms with Crippen LogP contribution in [0.4, 0.5) is 4.39 Å². The minimum atomic E-state index is -0.956. The molecule has 1 aliphatic carbocycles. The summed E-state index contributed by atoms with van der Waals surface area (Å²) in [5.74, 6) is -1.12. The highest BCUT2D eigenvalue weighted by Crippen LogP contribution is 2.46. The fourth-order valence-electron chi connectivity index (χ4n) is 4.31. The third kappa shape index (κ3) is 3.34. The van der Waals surface area contributed by atoms with E-state index in [9.17, 15) is 19.1 Å². The van der Waals surface area contributed by atoms with Gasteiger partial charge in [-0.2, -0.15) is 0 Å². The van der Waals surface area contributed by atoms with Crippen molar-refractivity contribution in [2.45, 2.75) is 38.6 Å². The zero-order valence-electron chi connectivity index (χ0n) is 15.1. The molecule has 0 aromatic heterocycles. The second-order valence-electron chi connectivity index (χ2n) is 7.71. The van der Waals surface area contributed by atoms with Crippen LogP contribution >= 0.6 is 0 Å². The summed E-state index contributed by atoms with van der Waals surface area (Å²) in [5, 5.41) is 9.21. The van der Waals surface area contributed by atoms with Crippen molar-refractivity contribution < 1.29 is 19.1 Å². The number of aromatic carboxylic acids is 1. The van der Waals surface area contributed by atoms with Gasteiger partial charge >= 0.3 is 5.97 Å². The van der Waals surface area contributed by atoms with E-state index < -0.39 is 11.4 Å². The number of rotatable bonds is 4. The smallest absolute Gasteiger partial charge is 0.335 e. The lowest BCUT2D eigenvalue weighted by Gasteiger charge is -2.45. The van der Waals surface area contributed by atoms with Gasteiger partial charge in [0.2, 0.25) is 5.91 Å². The van der Waals surface area contributed by atoms with Crippen molar-refractivity contribution in [3.05, 3.63) is 70.5 Å². The number of hydrogen-bond donors (Lipinski definition) is 1. The lowest BCUT2D eigenvalue weighted by molar-refractivity contribution is -0.148. The zero-order valence-corrected chi connectivity index (χ0v) is 15.1. The van der Waals surface area contributed by atoms with Crippen LogP contribution in [0.5, 0.6) is 0 Å². The maximum atomic E-state index is 13.5. The summed E-state index contributed by atoms with van der Waals surface area (Å²) in [6.45, 7) is 1.09. The van der Waals surface area contributed by atoms with Gasteiger partial charge in [-0.1, -0.05) is 24.6 Å². The molecule has 4 rings (SSSR count). The Hall–Kier alpha value is -2.69. The number of fused-ring (bicyclic) bond motifs is 1. The van der Waals surface area contributed by atoms with Gasteiger partial charge < -0.3 is 10.0 Å². The fraction of sp³-hybridized carbons (Fsp3) is 0.364. The van der Waals surface area contributed by atoms with Gasteiger partial charge in [0.05, 0.1) is 11.0 Å². The Labute approximate surface area is 157 Å². The summed E-state index contributed by atoms with van der Waals surface area (Å²) in [4.78, 5) is 26.4. The van der Waals surface area contributed by atoms with Crippen LogP contribution in [0.25, 0.3) is 0 Å². The van der Waals surface area contributed by atoms with Crippen LogP contribution in [0.1, 0.15) is 46.3 Å². The average Bonchev–Trinajstić information content (AvgIpc) is 2.63. The highest BCUT2D eigenvalue weighted by Gasteiger charge is 2.46. The molecular weight excluding hydrogens is 345 g/mol. The predicted octanol–water partition coefficient (Wildman–Crippen LogP) is 3.82. The van der Waals surface area contributed by atoms with Gasteiger partial charge in [-0.05, 0) is 66.6 Å². The van der Waals surface area contributed by atoms with Crippen molar-refractivity contribution in [1.29, 1.82) is 0 Å². The second kappa shape index (κ2) is 6.80. The molecule has 5 heteroatoms. The van der Waals surface area contributed by atoms with Crippen LogP contribution < -0.4 is 0 Å². The summed E-state index contributed by atoms with van der Waals surface area (Å²) in [6, 6.07) is 11.6. The van der Waals surface area contributed by atoms with E-state index in [1.807, 2.05) is 17.0 Å². The standard InChI is InChI=1S/C22H22FNO3/c23-19-4-1-3-15(11-19)13-22(8-2-9-22)21(27)24-10-7-16-5-6-17(20(25)26)12-18(16)14-24/h1,3-6,11-12H,2,7-10,13-14H2,(H,25,26). The molecule has 140 valence electrons. The maximum absolute atomic E-state index is 13.5. The minimum Gasteiger partial charge on any atom is -0.478 e. The first-order valence-electron chi connectivity index (χ1n) is 9.36. The maximum Gasteiger partial charge on any atom is 0.335 e. The molecule has 0 saturated heterocycles. The first-order chi connectivity index (χ1) is 13.0. The number of benzene rings is 2. The quantitative estimate of drug-likeness (QED) is 0.894. The Kier molecular flexibility index (Phi) is 4.46. The third-order valence-electron chi connectivity index (χ3n) is 5.95. The number of nitrogens with zero attached hydrogens (tertiary/aromatic N) is 1. The van der Waals surface area contributed by atoms with Crippen molar-refractivity contribution in [2.24, 2.45) is 5.41 Å². The van der Waals surface area contributed by atoms with Crippen molar-refractivity contribution in [3.63, 3.8) is 0 Å². The van der Waals surface area contributed by atoms with E-state index >= 15 is 0 Å². The molecular formula is C22H22FNO3. The van der Waals surface area contributed by atoms with Gasteiger partial charge in [-0.25, -0.2) is 9.18 Å². The molecule has 1 N–H and O–H groups in total. The third-order valence-corrected chi connectivity index (χ3v) is 5.95. The Morgan fingerprint density at radius 2 is 1.93 bits per heavy atom. The summed E-state index contributed by atoms with van der Waals surface area (Å²) >= 11 is 0. The van der Waals surface area contributed by atoms with E-state index in [-0.39, 0.29) is 17.3 Å². The molecule has 1 amide bonds. The molecule has 4 nitrogen and oxygen atoms in total. The number of hydrogen-bond acceptors (Lipinski definition) is 2. The van der Waals surface area contributed by atoms with Crippen molar-refractivity contribution >= 4 is 11.9 Å². The molecule has 0 unspecified atom stereocenters. The summed E-state index contributed by atoms with van der Waals surface area (Å²) in [6.07, 6.45) is 3.94. The normalized spacial score (nSPS) is 17.7. The van der Waals surface area contributed by atoms with E-state index in [2.05, 4.69) is 0 Å². The SMILES string of the molecule is O=C(O)c1ccc2c(c1)CN(C(=O)C1(Cc3cccc(F)c3)CCC1)CC2. The van der Waals surface area contributed by atoms with E-state index in [1.54, 1.807) is 18.2 Å². The second-order valence-corrected chi connectivity index (χ2v) is 7.71. The molecule has 1 aliphatic heterocycles. The molecule has 1 saturated carbocycles.